The molecule has 88 valence electrons. The first kappa shape index (κ1) is 14.2. The van der Waals surface area contributed by atoms with Gasteiger partial charge in [0.1, 0.15) is 6.61 Å². The van der Waals surface area contributed by atoms with E-state index in [2.05, 4.69) is 10.7 Å². The third-order valence-corrected chi connectivity index (χ3v) is 1.40. The molecule has 0 aliphatic carbocycles. The minimum Gasteiger partial charge on any atom is -0.462 e. The lowest BCUT2D eigenvalue weighted by Gasteiger charge is -1.99. The number of aliphatic hydroxyl groups is 1. The highest BCUT2D eigenvalue weighted by Gasteiger charge is 1.99. The summed E-state index contributed by atoms with van der Waals surface area (Å²) >= 11 is 0. The largest absolute Gasteiger partial charge is 0.462 e. The number of ether oxygens (including phenoxy) is 2. The first-order valence-electron chi connectivity index (χ1n) is 4.76. The Labute approximate surface area is 94.0 Å². The van der Waals surface area contributed by atoms with Gasteiger partial charge in [-0.25, -0.2) is 9.59 Å². The van der Waals surface area contributed by atoms with Crippen LogP contribution in [0.5, 0.6) is 0 Å². The van der Waals surface area contributed by atoms with Crippen LogP contribution < -0.4 is 0 Å². The van der Waals surface area contributed by atoms with Gasteiger partial charge in [-0.05, 0) is 6.42 Å². The highest BCUT2D eigenvalue weighted by molar-refractivity contribution is 5.91. The molecule has 0 aliphatic heterocycles. The summed E-state index contributed by atoms with van der Waals surface area (Å²) in [6.07, 6.45) is 8.04. The molecule has 0 amide bonds. The van der Waals surface area contributed by atoms with Crippen LogP contribution in [0.4, 0.5) is 0 Å². The van der Waals surface area contributed by atoms with Crippen molar-refractivity contribution in [3.8, 4) is 12.3 Å². The molecule has 0 aromatic heterocycles. The van der Waals surface area contributed by atoms with E-state index in [1.807, 2.05) is 0 Å². The zero-order valence-electron chi connectivity index (χ0n) is 8.85. The van der Waals surface area contributed by atoms with E-state index in [0.29, 0.717) is 12.8 Å². The van der Waals surface area contributed by atoms with Crippen molar-refractivity contribution >= 4 is 11.9 Å². The van der Waals surface area contributed by atoms with E-state index in [9.17, 15) is 9.59 Å². The molecule has 0 aromatic carbocycles. The van der Waals surface area contributed by atoms with Gasteiger partial charge in [-0.15, -0.1) is 12.3 Å². The van der Waals surface area contributed by atoms with Crippen molar-refractivity contribution in [1.82, 2.24) is 0 Å². The molecule has 0 unspecified atom stereocenters. The summed E-state index contributed by atoms with van der Waals surface area (Å²) in [5.41, 5.74) is 0. The molecule has 0 fully saturated rings. The maximum Gasteiger partial charge on any atom is 0.331 e. The number of rotatable bonds is 7. The Morgan fingerprint density at radius 2 is 1.75 bits per heavy atom. The molecule has 0 radical (unpaired) electrons. The van der Waals surface area contributed by atoms with Crippen LogP contribution in [0.1, 0.15) is 12.8 Å². The number of carbonyl (C=O) groups is 2. The number of unbranched alkanes of at least 4 members (excludes halogenated alkanes) is 1. The quantitative estimate of drug-likeness (QED) is 0.287. The maximum atomic E-state index is 11.0. The lowest BCUT2D eigenvalue weighted by atomic mass is 10.3. The molecule has 0 spiro atoms. The summed E-state index contributed by atoms with van der Waals surface area (Å²) in [5.74, 6) is 1.08. The Hall–Kier alpha value is -1.80. The fourth-order valence-corrected chi connectivity index (χ4v) is 0.726. The van der Waals surface area contributed by atoms with Crippen LogP contribution in [0.25, 0.3) is 0 Å². The van der Waals surface area contributed by atoms with Crippen molar-refractivity contribution in [2.24, 2.45) is 0 Å². The second-order valence-electron chi connectivity index (χ2n) is 2.70. The van der Waals surface area contributed by atoms with Crippen molar-refractivity contribution in [3.05, 3.63) is 12.2 Å². The Bertz CT molecular complexity index is 287. The Kier molecular flexibility index (Phi) is 8.65. The lowest BCUT2D eigenvalue weighted by molar-refractivity contribution is -0.141. The van der Waals surface area contributed by atoms with E-state index < -0.39 is 11.9 Å². The molecule has 0 heterocycles. The summed E-state index contributed by atoms with van der Waals surface area (Å²) in [7, 11) is 0. The first-order valence-corrected chi connectivity index (χ1v) is 4.76. The monoisotopic (exact) mass is 226 g/mol. The molecular weight excluding hydrogens is 212 g/mol. The molecule has 5 heteroatoms. The zero-order chi connectivity index (χ0) is 12.2. The molecule has 5 nitrogen and oxygen atoms in total. The van der Waals surface area contributed by atoms with Crippen LogP contribution in [-0.4, -0.2) is 36.9 Å². The van der Waals surface area contributed by atoms with Gasteiger partial charge in [0.05, 0.1) is 13.2 Å². The molecule has 0 bridgehead atoms. The summed E-state index contributed by atoms with van der Waals surface area (Å²) in [6, 6.07) is 0. The molecule has 0 aromatic rings. The summed E-state index contributed by atoms with van der Waals surface area (Å²) in [5, 5.41) is 8.35. The van der Waals surface area contributed by atoms with Crippen LogP contribution in [0.3, 0.4) is 0 Å². The van der Waals surface area contributed by atoms with E-state index >= 15 is 0 Å². The van der Waals surface area contributed by atoms with Gasteiger partial charge in [0, 0.05) is 18.6 Å². The topological polar surface area (TPSA) is 72.8 Å². The van der Waals surface area contributed by atoms with E-state index in [4.69, 9.17) is 16.3 Å². The van der Waals surface area contributed by atoms with Crippen LogP contribution in [0.2, 0.25) is 0 Å². The highest BCUT2D eigenvalue weighted by Crippen LogP contribution is 1.90. The van der Waals surface area contributed by atoms with Crippen molar-refractivity contribution in [2.45, 2.75) is 12.8 Å². The van der Waals surface area contributed by atoms with E-state index in [0.717, 1.165) is 12.2 Å². The van der Waals surface area contributed by atoms with Gasteiger partial charge in [0.15, 0.2) is 0 Å². The van der Waals surface area contributed by atoms with Gasteiger partial charge in [0.25, 0.3) is 0 Å². The van der Waals surface area contributed by atoms with Gasteiger partial charge in [-0.1, -0.05) is 0 Å². The SMILES string of the molecule is C#CCCCOC(=O)C=CC(=O)OCCO. The first-order chi connectivity index (χ1) is 7.70. The Morgan fingerprint density at radius 3 is 2.25 bits per heavy atom. The number of hydrogen-bond donors (Lipinski definition) is 1. The number of esters is 2. The predicted octanol–water partition coefficient (Wildman–Crippen LogP) is 0.0347. The van der Waals surface area contributed by atoms with Crippen molar-refractivity contribution in [1.29, 1.82) is 0 Å². The standard InChI is InChI=1S/C11H14O5/c1-2-3-4-8-15-10(13)5-6-11(14)16-9-7-12/h1,5-6,12H,3-4,7-9H2. The van der Waals surface area contributed by atoms with Gasteiger partial charge in [-0.3, -0.25) is 0 Å². The fourth-order valence-electron chi connectivity index (χ4n) is 0.726. The second-order valence-corrected chi connectivity index (χ2v) is 2.70. The average Bonchev–Trinajstić information content (AvgIpc) is 2.29. The maximum absolute atomic E-state index is 11.0. The summed E-state index contributed by atoms with van der Waals surface area (Å²) in [6.45, 7) is -0.129. The molecule has 0 aliphatic rings. The molecule has 1 N–H and O–H groups in total. The zero-order valence-corrected chi connectivity index (χ0v) is 8.85. The van der Waals surface area contributed by atoms with Crippen LogP contribution in [-0.2, 0) is 19.1 Å². The van der Waals surface area contributed by atoms with E-state index in [-0.39, 0.29) is 19.8 Å². The number of terminal acetylenes is 1. The highest BCUT2D eigenvalue weighted by atomic mass is 16.5. The van der Waals surface area contributed by atoms with E-state index in [1.54, 1.807) is 0 Å². The normalized spacial score (nSPS) is 9.75. The molecule has 16 heavy (non-hydrogen) atoms. The number of aliphatic hydroxyl groups excluding tert-OH is 1. The number of carbonyl (C=O) groups excluding carboxylic acids is 2. The van der Waals surface area contributed by atoms with Crippen molar-refractivity contribution in [3.63, 3.8) is 0 Å². The van der Waals surface area contributed by atoms with Crippen LogP contribution in [0.15, 0.2) is 12.2 Å². The van der Waals surface area contributed by atoms with Crippen LogP contribution in [0, 0.1) is 12.3 Å². The molecule has 0 atom stereocenters. The van der Waals surface area contributed by atoms with Crippen LogP contribution >= 0.6 is 0 Å². The smallest absolute Gasteiger partial charge is 0.331 e. The summed E-state index contributed by atoms with van der Waals surface area (Å²) < 4.78 is 9.20. The second kappa shape index (κ2) is 9.74. The van der Waals surface area contributed by atoms with Crippen molar-refractivity contribution < 1.29 is 24.2 Å². The van der Waals surface area contributed by atoms with Gasteiger partial charge >= 0.3 is 11.9 Å². The van der Waals surface area contributed by atoms with Crippen molar-refractivity contribution in [2.75, 3.05) is 19.8 Å². The average molecular weight is 226 g/mol. The van der Waals surface area contributed by atoms with Gasteiger partial charge in [0.2, 0.25) is 0 Å². The molecular formula is C11H14O5. The third kappa shape index (κ3) is 8.78. The Balaban J connectivity index is 3.65. The predicted molar refractivity (Wildman–Crippen MR) is 56.2 cm³/mol. The Morgan fingerprint density at radius 1 is 1.19 bits per heavy atom. The third-order valence-electron chi connectivity index (χ3n) is 1.40. The molecule has 0 saturated carbocycles. The van der Waals surface area contributed by atoms with E-state index in [1.165, 1.54) is 0 Å². The lowest BCUT2D eigenvalue weighted by Crippen LogP contribution is -2.07. The molecule has 0 saturated heterocycles. The molecule has 0 rings (SSSR count). The van der Waals surface area contributed by atoms with Gasteiger partial charge < -0.3 is 14.6 Å². The summed E-state index contributed by atoms with van der Waals surface area (Å²) in [4.78, 5) is 21.8. The minimum atomic E-state index is -0.699. The minimum absolute atomic E-state index is 0.0968. The van der Waals surface area contributed by atoms with Gasteiger partial charge in [-0.2, -0.15) is 0 Å². The fraction of sp³-hybridized carbons (Fsp3) is 0.455. The number of hydrogen-bond acceptors (Lipinski definition) is 5.